The van der Waals surface area contributed by atoms with Crippen LogP contribution in [-0.4, -0.2) is 42.5 Å². The molecule has 8 heteroatoms. The van der Waals surface area contributed by atoms with Gasteiger partial charge in [0.25, 0.3) is 0 Å². The Morgan fingerprint density at radius 2 is 2.20 bits per heavy atom. The van der Waals surface area contributed by atoms with Crippen molar-refractivity contribution in [1.82, 2.24) is 9.29 Å². The molecule has 1 unspecified atom stereocenters. The Bertz CT molecular complexity index is 588. The van der Waals surface area contributed by atoms with Crippen LogP contribution in [0.2, 0.25) is 5.15 Å². The second-order valence-corrected chi connectivity index (χ2v) is 7.07. The molecule has 0 saturated carbocycles. The van der Waals surface area contributed by atoms with E-state index in [1.807, 2.05) is 0 Å². The van der Waals surface area contributed by atoms with Crippen LogP contribution < -0.4 is 5.32 Å². The normalized spacial score (nSPS) is 20.6. The predicted octanol–water partition coefficient (Wildman–Crippen LogP) is 1.49. The predicted molar refractivity (Wildman–Crippen MR) is 77.1 cm³/mol. The van der Waals surface area contributed by atoms with E-state index in [1.165, 1.54) is 10.5 Å². The fourth-order valence-electron chi connectivity index (χ4n) is 2.24. The Labute approximate surface area is 123 Å². The summed E-state index contributed by atoms with van der Waals surface area (Å²) in [5.74, 6) is -0.334. The van der Waals surface area contributed by atoms with Crippen LogP contribution in [0.4, 0.5) is 5.69 Å². The van der Waals surface area contributed by atoms with Crippen molar-refractivity contribution in [2.75, 3.05) is 18.1 Å². The lowest BCUT2D eigenvalue weighted by atomic mass is 10.0. The van der Waals surface area contributed by atoms with Crippen molar-refractivity contribution >= 4 is 33.2 Å². The molecule has 110 valence electrons. The third kappa shape index (κ3) is 3.68. The van der Waals surface area contributed by atoms with Crippen molar-refractivity contribution in [2.24, 2.45) is 0 Å². The first-order valence-electron chi connectivity index (χ1n) is 6.27. The number of piperidine rings is 1. The van der Waals surface area contributed by atoms with Crippen LogP contribution in [0.3, 0.4) is 0 Å². The summed E-state index contributed by atoms with van der Waals surface area (Å²) < 4.78 is 24.7. The molecule has 1 aliphatic heterocycles. The summed E-state index contributed by atoms with van der Waals surface area (Å²) in [7, 11) is -3.38. The summed E-state index contributed by atoms with van der Waals surface area (Å²) in [6.45, 7) is 0.385. The quantitative estimate of drug-likeness (QED) is 0.857. The van der Waals surface area contributed by atoms with Gasteiger partial charge in [-0.25, -0.2) is 13.4 Å². The second-order valence-electron chi connectivity index (χ2n) is 4.74. The van der Waals surface area contributed by atoms with E-state index in [-0.39, 0.29) is 5.91 Å². The zero-order chi connectivity index (χ0) is 14.8. The van der Waals surface area contributed by atoms with Crippen molar-refractivity contribution in [2.45, 2.75) is 25.3 Å². The van der Waals surface area contributed by atoms with E-state index in [9.17, 15) is 13.2 Å². The summed E-state index contributed by atoms with van der Waals surface area (Å²) >= 11 is 5.67. The molecule has 1 atom stereocenters. The Balaban J connectivity index is 2.12. The monoisotopic (exact) mass is 317 g/mol. The lowest BCUT2D eigenvalue weighted by Crippen LogP contribution is -2.49. The SMILES string of the molecule is CS(=O)(=O)N1CCCCC1C(=O)Nc1ccc(Cl)nc1. The number of hydrogen-bond donors (Lipinski definition) is 1. The van der Waals surface area contributed by atoms with E-state index in [4.69, 9.17) is 11.6 Å². The highest BCUT2D eigenvalue weighted by atomic mass is 35.5. The fraction of sp³-hybridized carbons (Fsp3) is 0.500. The summed E-state index contributed by atoms with van der Waals surface area (Å²) in [5, 5.41) is 3.01. The van der Waals surface area contributed by atoms with Crippen LogP contribution in [0.15, 0.2) is 18.3 Å². The summed E-state index contributed by atoms with van der Waals surface area (Å²) in [6, 6.07) is 2.53. The molecule has 1 amide bonds. The molecule has 0 aliphatic carbocycles. The Morgan fingerprint density at radius 1 is 1.45 bits per heavy atom. The van der Waals surface area contributed by atoms with Gasteiger partial charge in [-0.1, -0.05) is 18.0 Å². The van der Waals surface area contributed by atoms with Crippen LogP contribution in [-0.2, 0) is 14.8 Å². The standard InChI is InChI=1S/C12H16ClN3O3S/c1-20(18,19)16-7-3-2-4-10(16)12(17)15-9-5-6-11(13)14-8-9/h5-6,8,10H,2-4,7H2,1H3,(H,15,17). The number of nitrogens with one attached hydrogen (secondary N) is 1. The first-order chi connectivity index (χ1) is 9.38. The van der Waals surface area contributed by atoms with Gasteiger partial charge in [-0.3, -0.25) is 4.79 Å². The lowest BCUT2D eigenvalue weighted by molar-refractivity contribution is -0.120. The molecule has 1 fully saturated rings. The molecular formula is C12H16ClN3O3S. The van der Waals surface area contributed by atoms with E-state index >= 15 is 0 Å². The number of rotatable bonds is 3. The largest absolute Gasteiger partial charge is 0.323 e. The number of pyridine rings is 1. The van der Waals surface area contributed by atoms with Crippen molar-refractivity contribution < 1.29 is 13.2 Å². The maximum Gasteiger partial charge on any atom is 0.242 e. The van der Waals surface area contributed by atoms with Gasteiger partial charge in [0, 0.05) is 6.54 Å². The van der Waals surface area contributed by atoms with Crippen LogP contribution in [0.1, 0.15) is 19.3 Å². The molecule has 2 heterocycles. The third-order valence-electron chi connectivity index (χ3n) is 3.18. The Kier molecular flexibility index (Phi) is 4.62. The summed E-state index contributed by atoms with van der Waals surface area (Å²) in [5.41, 5.74) is 0.499. The van der Waals surface area contributed by atoms with E-state index in [2.05, 4.69) is 10.3 Å². The fourth-order valence-corrected chi connectivity index (χ4v) is 3.48. The first kappa shape index (κ1) is 15.2. The second kappa shape index (κ2) is 6.07. The number of carbonyl (C=O) groups is 1. The van der Waals surface area contributed by atoms with Gasteiger partial charge in [0.15, 0.2) is 0 Å². The zero-order valence-corrected chi connectivity index (χ0v) is 12.6. The number of amides is 1. The number of halogens is 1. The van der Waals surface area contributed by atoms with Crippen LogP contribution >= 0.6 is 11.6 Å². The molecule has 0 radical (unpaired) electrons. The number of anilines is 1. The molecule has 1 aromatic rings. The van der Waals surface area contributed by atoms with Gasteiger partial charge in [0.1, 0.15) is 11.2 Å². The van der Waals surface area contributed by atoms with Gasteiger partial charge < -0.3 is 5.32 Å². The number of aromatic nitrogens is 1. The van der Waals surface area contributed by atoms with Crippen LogP contribution in [0.25, 0.3) is 0 Å². The molecule has 2 rings (SSSR count). The number of carbonyl (C=O) groups excluding carboxylic acids is 1. The van der Waals surface area contributed by atoms with E-state index < -0.39 is 16.1 Å². The average molecular weight is 318 g/mol. The number of hydrogen-bond acceptors (Lipinski definition) is 4. The third-order valence-corrected chi connectivity index (χ3v) is 4.69. The Hall–Kier alpha value is -1.18. The van der Waals surface area contributed by atoms with E-state index in [0.29, 0.717) is 23.8 Å². The molecule has 1 N–H and O–H groups in total. The highest BCUT2D eigenvalue weighted by Gasteiger charge is 2.34. The van der Waals surface area contributed by atoms with Gasteiger partial charge in [-0.2, -0.15) is 4.31 Å². The van der Waals surface area contributed by atoms with E-state index in [1.54, 1.807) is 12.1 Å². The lowest BCUT2D eigenvalue weighted by Gasteiger charge is -2.32. The first-order valence-corrected chi connectivity index (χ1v) is 8.50. The highest BCUT2D eigenvalue weighted by molar-refractivity contribution is 7.88. The highest BCUT2D eigenvalue weighted by Crippen LogP contribution is 2.21. The van der Waals surface area contributed by atoms with Crippen molar-refractivity contribution in [3.63, 3.8) is 0 Å². The van der Waals surface area contributed by atoms with Crippen LogP contribution in [0, 0.1) is 0 Å². The molecular weight excluding hydrogens is 302 g/mol. The minimum Gasteiger partial charge on any atom is -0.323 e. The smallest absolute Gasteiger partial charge is 0.242 e. The Morgan fingerprint density at radius 3 is 2.80 bits per heavy atom. The minimum atomic E-state index is -3.38. The molecule has 0 spiro atoms. The molecule has 20 heavy (non-hydrogen) atoms. The van der Waals surface area contributed by atoms with Crippen molar-refractivity contribution in [3.05, 3.63) is 23.5 Å². The maximum atomic E-state index is 12.2. The minimum absolute atomic E-state index is 0.332. The van der Waals surface area contributed by atoms with Crippen LogP contribution in [0.5, 0.6) is 0 Å². The number of nitrogens with zero attached hydrogens (tertiary/aromatic N) is 2. The van der Waals surface area contributed by atoms with Crippen molar-refractivity contribution in [1.29, 1.82) is 0 Å². The van der Waals surface area contributed by atoms with Gasteiger partial charge in [0.05, 0.1) is 18.1 Å². The van der Waals surface area contributed by atoms with Gasteiger partial charge in [-0.05, 0) is 25.0 Å². The molecule has 0 aromatic carbocycles. The number of sulfonamides is 1. The average Bonchev–Trinajstić information content (AvgIpc) is 2.40. The summed E-state index contributed by atoms with van der Waals surface area (Å²) in [4.78, 5) is 16.1. The van der Waals surface area contributed by atoms with Crippen molar-refractivity contribution in [3.8, 4) is 0 Å². The molecule has 6 nitrogen and oxygen atoms in total. The van der Waals surface area contributed by atoms with E-state index in [0.717, 1.165) is 19.1 Å². The topological polar surface area (TPSA) is 79.4 Å². The van der Waals surface area contributed by atoms with Gasteiger partial charge in [-0.15, -0.1) is 0 Å². The zero-order valence-electron chi connectivity index (χ0n) is 11.0. The summed E-state index contributed by atoms with van der Waals surface area (Å²) in [6.07, 6.45) is 4.71. The van der Waals surface area contributed by atoms with Gasteiger partial charge >= 0.3 is 0 Å². The molecule has 1 saturated heterocycles. The molecule has 1 aromatic heterocycles. The molecule has 0 bridgehead atoms. The maximum absolute atomic E-state index is 12.2. The van der Waals surface area contributed by atoms with Gasteiger partial charge in [0.2, 0.25) is 15.9 Å². The molecule has 1 aliphatic rings.